The molecule has 1 N–H and O–H groups in total. The van der Waals surface area contributed by atoms with Crippen molar-refractivity contribution in [3.63, 3.8) is 0 Å². The molecule has 1 fully saturated rings. The Morgan fingerprint density at radius 3 is 2.73 bits per heavy atom. The van der Waals surface area contributed by atoms with Crippen LogP contribution in [0.1, 0.15) is 26.7 Å². The Morgan fingerprint density at radius 1 is 1.27 bits per heavy atom. The highest BCUT2D eigenvalue weighted by Gasteiger charge is 2.19. The molecule has 1 atom stereocenters. The summed E-state index contributed by atoms with van der Waals surface area (Å²) >= 11 is 0. The van der Waals surface area contributed by atoms with Crippen LogP contribution < -0.4 is 5.32 Å². The van der Waals surface area contributed by atoms with Crippen LogP contribution in [0.15, 0.2) is 0 Å². The summed E-state index contributed by atoms with van der Waals surface area (Å²) in [6.07, 6.45) is 2.65. The molecule has 15 heavy (non-hydrogen) atoms. The minimum Gasteiger partial charge on any atom is -0.317 e. The van der Waals surface area contributed by atoms with E-state index in [2.05, 4.69) is 36.0 Å². The Balaban J connectivity index is 2.02. The monoisotopic (exact) mass is 213 g/mol. The second kappa shape index (κ2) is 7.20. The van der Waals surface area contributed by atoms with Gasteiger partial charge >= 0.3 is 0 Å². The zero-order chi connectivity index (χ0) is 11.1. The lowest BCUT2D eigenvalue weighted by Crippen LogP contribution is -2.50. The number of unbranched alkanes of at least 4 members (excludes halogenated alkanes) is 1. The number of hydrogen-bond donors (Lipinski definition) is 1. The SMILES string of the molecule is CCNCCCCN1CCN(C)C(C)C1. The first-order valence-corrected chi connectivity index (χ1v) is 6.37. The summed E-state index contributed by atoms with van der Waals surface area (Å²) in [7, 11) is 2.23. The molecule has 90 valence electrons. The van der Waals surface area contributed by atoms with Gasteiger partial charge in [-0.25, -0.2) is 0 Å². The van der Waals surface area contributed by atoms with E-state index < -0.39 is 0 Å². The molecule has 0 bridgehead atoms. The minimum absolute atomic E-state index is 0.729. The average Bonchev–Trinajstić information content (AvgIpc) is 2.23. The zero-order valence-corrected chi connectivity index (χ0v) is 10.6. The smallest absolute Gasteiger partial charge is 0.0192 e. The normalized spacial score (nSPS) is 24.6. The molecule has 0 saturated carbocycles. The second-order valence-corrected chi connectivity index (χ2v) is 4.69. The molecular weight excluding hydrogens is 186 g/mol. The van der Waals surface area contributed by atoms with Crippen LogP contribution in [0.2, 0.25) is 0 Å². The molecule has 0 radical (unpaired) electrons. The Hall–Kier alpha value is -0.120. The minimum atomic E-state index is 0.729. The van der Waals surface area contributed by atoms with Crippen molar-refractivity contribution in [2.45, 2.75) is 32.7 Å². The van der Waals surface area contributed by atoms with Crippen molar-refractivity contribution in [1.29, 1.82) is 0 Å². The van der Waals surface area contributed by atoms with Gasteiger partial charge in [-0.05, 0) is 46.4 Å². The van der Waals surface area contributed by atoms with Gasteiger partial charge in [-0.1, -0.05) is 6.92 Å². The Kier molecular flexibility index (Phi) is 6.22. The Morgan fingerprint density at radius 2 is 2.07 bits per heavy atom. The van der Waals surface area contributed by atoms with Gasteiger partial charge in [-0.15, -0.1) is 0 Å². The summed E-state index contributed by atoms with van der Waals surface area (Å²) in [6, 6.07) is 0.729. The van der Waals surface area contributed by atoms with E-state index >= 15 is 0 Å². The molecule has 0 amide bonds. The highest BCUT2D eigenvalue weighted by Crippen LogP contribution is 2.07. The first-order valence-electron chi connectivity index (χ1n) is 6.37. The number of nitrogens with one attached hydrogen (secondary N) is 1. The van der Waals surface area contributed by atoms with Gasteiger partial charge in [0.1, 0.15) is 0 Å². The number of nitrogens with zero attached hydrogens (tertiary/aromatic N) is 2. The van der Waals surface area contributed by atoms with Crippen LogP contribution in [-0.2, 0) is 0 Å². The maximum atomic E-state index is 3.38. The van der Waals surface area contributed by atoms with E-state index in [0.29, 0.717) is 0 Å². The molecule has 0 aromatic heterocycles. The zero-order valence-electron chi connectivity index (χ0n) is 10.6. The van der Waals surface area contributed by atoms with Crippen molar-refractivity contribution in [3.8, 4) is 0 Å². The van der Waals surface area contributed by atoms with Gasteiger partial charge in [-0.3, -0.25) is 0 Å². The number of likely N-dealkylation sites (N-methyl/N-ethyl adjacent to an activating group) is 1. The van der Waals surface area contributed by atoms with Crippen molar-refractivity contribution in [2.24, 2.45) is 0 Å². The van der Waals surface area contributed by atoms with Gasteiger partial charge in [-0.2, -0.15) is 0 Å². The summed E-state index contributed by atoms with van der Waals surface area (Å²) in [5.41, 5.74) is 0. The molecule has 0 aromatic carbocycles. The van der Waals surface area contributed by atoms with E-state index in [-0.39, 0.29) is 0 Å². The summed E-state index contributed by atoms with van der Waals surface area (Å²) in [5, 5.41) is 3.38. The van der Waals surface area contributed by atoms with Crippen LogP contribution in [0, 0.1) is 0 Å². The summed E-state index contributed by atoms with van der Waals surface area (Å²) < 4.78 is 0. The van der Waals surface area contributed by atoms with E-state index in [4.69, 9.17) is 0 Å². The van der Waals surface area contributed by atoms with Gasteiger partial charge in [0.2, 0.25) is 0 Å². The van der Waals surface area contributed by atoms with Crippen LogP contribution >= 0.6 is 0 Å². The lowest BCUT2D eigenvalue weighted by molar-refractivity contribution is 0.104. The van der Waals surface area contributed by atoms with Crippen molar-refractivity contribution in [1.82, 2.24) is 15.1 Å². The third kappa shape index (κ3) is 4.96. The standard InChI is InChI=1S/C12H27N3/c1-4-13-7-5-6-8-15-10-9-14(3)12(2)11-15/h12-13H,4-11H2,1-3H3. The van der Waals surface area contributed by atoms with Crippen molar-refractivity contribution in [3.05, 3.63) is 0 Å². The molecular formula is C12H27N3. The third-order valence-electron chi connectivity index (χ3n) is 3.37. The molecule has 3 nitrogen and oxygen atoms in total. The van der Waals surface area contributed by atoms with Gasteiger partial charge in [0, 0.05) is 25.7 Å². The van der Waals surface area contributed by atoms with E-state index in [9.17, 15) is 0 Å². The Labute approximate surface area is 94.8 Å². The fourth-order valence-electron chi connectivity index (χ4n) is 2.09. The maximum Gasteiger partial charge on any atom is 0.0192 e. The first kappa shape index (κ1) is 12.9. The summed E-state index contributed by atoms with van der Waals surface area (Å²) in [5.74, 6) is 0. The highest BCUT2D eigenvalue weighted by molar-refractivity contribution is 4.76. The lowest BCUT2D eigenvalue weighted by Gasteiger charge is -2.37. The molecule has 1 unspecified atom stereocenters. The molecule has 1 aliphatic rings. The fraction of sp³-hybridized carbons (Fsp3) is 1.00. The van der Waals surface area contributed by atoms with Gasteiger partial charge in [0.25, 0.3) is 0 Å². The van der Waals surface area contributed by atoms with Crippen LogP contribution in [-0.4, -0.2) is 62.2 Å². The third-order valence-corrected chi connectivity index (χ3v) is 3.37. The maximum absolute atomic E-state index is 3.38. The lowest BCUT2D eigenvalue weighted by atomic mass is 10.2. The number of piperazine rings is 1. The molecule has 0 spiro atoms. The van der Waals surface area contributed by atoms with Crippen molar-refractivity contribution in [2.75, 3.05) is 46.3 Å². The predicted molar refractivity (Wildman–Crippen MR) is 66.3 cm³/mol. The predicted octanol–water partition coefficient (Wildman–Crippen LogP) is 1.01. The average molecular weight is 213 g/mol. The van der Waals surface area contributed by atoms with E-state index in [0.717, 1.165) is 12.6 Å². The summed E-state index contributed by atoms with van der Waals surface area (Å²) in [4.78, 5) is 5.06. The highest BCUT2D eigenvalue weighted by atomic mass is 15.3. The van der Waals surface area contributed by atoms with E-state index in [1.54, 1.807) is 0 Å². The quantitative estimate of drug-likeness (QED) is 0.664. The summed E-state index contributed by atoms with van der Waals surface area (Å²) in [6.45, 7) is 11.8. The molecule has 0 aliphatic carbocycles. The largest absolute Gasteiger partial charge is 0.317 e. The van der Waals surface area contributed by atoms with Gasteiger partial charge < -0.3 is 15.1 Å². The molecule has 1 saturated heterocycles. The topological polar surface area (TPSA) is 18.5 Å². The van der Waals surface area contributed by atoms with Crippen LogP contribution in [0.3, 0.4) is 0 Å². The number of rotatable bonds is 6. The molecule has 1 rings (SSSR count). The van der Waals surface area contributed by atoms with Gasteiger partial charge in [0.05, 0.1) is 0 Å². The molecule has 3 heteroatoms. The van der Waals surface area contributed by atoms with Gasteiger partial charge in [0.15, 0.2) is 0 Å². The van der Waals surface area contributed by atoms with Crippen LogP contribution in [0.25, 0.3) is 0 Å². The first-order chi connectivity index (χ1) is 7.24. The number of hydrogen-bond acceptors (Lipinski definition) is 3. The van der Waals surface area contributed by atoms with Crippen molar-refractivity contribution >= 4 is 0 Å². The van der Waals surface area contributed by atoms with Crippen LogP contribution in [0.5, 0.6) is 0 Å². The van der Waals surface area contributed by atoms with E-state index in [1.807, 2.05) is 0 Å². The van der Waals surface area contributed by atoms with E-state index in [1.165, 1.54) is 45.6 Å². The molecule has 1 heterocycles. The molecule has 1 aliphatic heterocycles. The van der Waals surface area contributed by atoms with Crippen molar-refractivity contribution < 1.29 is 0 Å². The van der Waals surface area contributed by atoms with Crippen LogP contribution in [0.4, 0.5) is 0 Å². The molecule has 0 aromatic rings. The fourth-order valence-corrected chi connectivity index (χ4v) is 2.09. The second-order valence-electron chi connectivity index (χ2n) is 4.69. The Bertz CT molecular complexity index is 161.